The Hall–Kier alpha value is -3.01. The van der Waals surface area contributed by atoms with Gasteiger partial charge in [-0.3, -0.25) is 0 Å². The van der Waals surface area contributed by atoms with Crippen LogP contribution in [-0.4, -0.2) is 18.2 Å². The number of pyridine rings is 1. The SMILES string of the molecule is CC(C)(C)c1ccccc1OCCOc1ccc(CNc2ccccn2)cc1. The van der Waals surface area contributed by atoms with Crippen LogP contribution in [0.25, 0.3) is 0 Å². The summed E-state index contributed by atoms with van der Waals surface area (Å²) < 4.78 is 11.8. The molecule has 0 radical (unpaired) electrons. The maximum Gasteiger partial charge on any atom is 0.126 e. The van der Waals surface area contributed by atoms with Crippen molar-refractivity contribution in [3.8, 4) is 11.5 Å². The summed E-state index contributed by atoms with van der Waals surface area (Å²) in [5, 5.41) is 3.30. The molecule has 0 atom stereocenters. The normalized spacial score (nSPS) is 11.1. The van der Waals surface area contributed by atoms with E-state index in [0.717, 1.165) is 23.9 Å². The molecule has 4 heteroatoms. The van der Waals surface area contributed by atoms with Crippen LogP contribution in [0, 0.1) is 0 Å². The number of hydrogen-bond donors (Lipinski definition) is 1. The van der Waals surface area contributed by atoms with Crippen LogP contribution in [0.2, 0.25) is 0 Å². The van der Waals surface area contributed by atoms with Gasteiger partial charge in [-0.05, 0) is 46.9 Å². The van der Waals surface area contributed by atoms with Crippen LogP contribution in [0.4, 0.5) is 5.82 Å². The quantitative estimate of drug-likeness (QED) is 0.531. The molecular formula is C24H28N2O2. The summed E-state index contributed by atoms with van der Waals surface area (Å²) in [7, 11) is 0. The van der Waals surface area contributed by atoms with E-state index in [-0.39, 0.29) is 5.41 Å². The van der Waals surface area contributed by atoms with Crippen molar-refractivity contribution in [2.24, 2.45) is 0 Å². The first-order valence-electron chi connectivity index (χ1n) is 9.61. The predicted octanol–water partition coefficient (Wildman–Crippen LogP) is 5.45. The second kappa shape index (κ2) is 9.27. The van der Waals surface area contributed by atoms with Gasteiger partial charge in [-0.1, -0.05) is 57.2 Å². The lowest BCUT2D eigenvalue weighted by atomic mass is 9.86. The number of aromatic nitrogens is 1. The number of ether oxygens (including phenoxy) is 2. The minimum atomic E-state index is 0.0522. The van der Waals surface area contributed by atoms with Gasteiger partial charge in [0, 0.05) is 12.7 Å². The summed E-state index contributed by atoms with van der Waals surface area (Å²) in [6, 6.07) is 22.1. The van der Waals surface area contributed by atoms with Gasteiger partial charge in [0.2, 0.25) is 0 Å². The van der Waals surface area contributed by atoms with Crippen molar-refractivity contribution in [2.75, 3.05) is 18.5 Å². The molecule has 146 valence electrons. The van der Waals surface area contributed by atoms with Gasteiger partial charge >= 0.3 is 0 Å². The average molecular weight is 376 g/mol. The second-order valence-corrected chi connectivity index (χ2v) is 7.66. The maximum absolute atomic E-state index is 5.95. The van der Waals surface area contributed by atoms with Crippen LogP contribution >= 0.6 is 0 Å². The fraction of sp³-hybridized carbons (Fsp3) is 0.292. The molecule has 4 nitrogen and oxygen atoms in total. The zero-order valence-electron chi connectivity index (χ0n) is 16.8. The largest absolute Gasteiger partial charge is 0.490 e. The number of hydrogen-bond acceptors (Lipinski definition) is 4. The summed E-state index contributed by atoms with van der Waals surface area (Å²) in [6.45, 7) is 8.31. The van der Waals surface area contributed by atoms with Gasteiger partial charge in [0.25, 0.3) is 0 Å². The molecule has 0 aliphatic heterocycles. The lowest BCUT2D eigenvalue weighted by Crippen LogP contribution is -2.15. The van der Waals surface area contributed by atoms with Crippen molar-refractivity contribution in [3.63, 3.8) is 0 Å². The molecule has 1 aromatic heterocycles. The molecule has 0 saturated heterocycles. The zero-order valence-corrected chi connectivity index (χ0v) is 16.8. The molecular weight excluding hydrogens is 348 g/mol. The van der Waals surface area contributed by atoms with Gasteiger partial charge in [-0.25, -0.2) is 4.98 Å². The Labute approximate surface area is 167 Å². The predicted molar refractivity (Wildman–Crippen MR) is 114 cm³/mol. The van der Waals surface area contributed by atoms with Crippen molar-refractivity contribution in [1.82, 2.24) is 4.98 Å². The van der Waals surface area contributed by atoms with E-state index in [1.54, 1.807) is 6.20 Å². The molecule has 0 amide bonds. The topological polar surface area (TPSA) is 43.4 Å². The first-order chi connectivity index (χ1) is 13.5. The van der Waals surface area contributed by atoms with Gasteiger partial charge in [-0.2, -0.15) is 0 Å². The van der Waals surface area contributed by atoms with Gasteiger partial charge in [0.05, 0.1) is 0 Å². The molecule has 1 N–H and O–H groups in total. The van der Waals surface area contributed by atoms with E-state index in [1.807, 2.05) is 48.5 Å². The van der Waals surface area contributed by atoms with Crippen LogP contribution in [0.15, 0.2) is 72.9 Å². The molecule has 0 spiro atoms. The molecule has 0 saturated carbocycles. The van der Waals surface area contributed by atoms with Crippen molar-refractivity contribution >= 4 is 5.82 Å². The van der Waals surface area contributed by atoms with E-state index in [1.165, 1.54) is 11.1 Å². The van der Waals surface area contributed by atoms with Crippen LogP contribution < -0.4 is 14.8 Å². The highest BCUT2D eigenvalue weighted by Crippen LogP contribution is 2.30. The van der Waals surface area contributed by atoms with E-state index in [0.29, 0.717) is 13.2 Å². The van der Waals surface area contributed by atoms with Crippen LogP contribution in [-0.2, 0) is 12.0 Å². The lowest BCUT2D eigenvalue weighted by molar-refractivity contribution is 0.214. The summed E-state index contributed by atoms with van der Waals surface area (Å²) in [5.41, 5.74) is 2.43. The number of nitrogens with zero attached hydrogens (tertiary/aromatic N) is 1. The molecule has 3 aromatic rings. The fourth-order valence-corrected chi connectivity index (χ4v) is 2.89. The van der Waals surface area contributed by atoms with E-state index in [2.05, 4.69) is 49.3 Å². The number of benzene rings is 2. The van der Waals surface area contributed by atoms with Gasteiger partial charge in [-0.15, -0.1) is 0 Å². The highest BCUT2D eigenvalue weighted by molar-refractivity contribution is 5.38. The van der Waals surface area contributed by atoms with Crippen molar-refractivity contribution < 1.29 is 9.47 Å². The third-order valence-electron chi connectivity index (χ3n) is 4.37. The molecule has 0 fully saturated rings. The fourth-order valence-electron chi connectivity index (χ4n) is 2.89. The van der Waals surface area contributed by atoms with E-state index < -0.39 is 0 Å². The first-order valence-corrected chi connectivity index (χ1v) is 9.61. The molecule has 3 rings (SSSR count). The second-order valence-electron chi connectivity index (χ2n) is 7.66. The summed E-state index contributed by atoms with van der Waals surface area (Å²) in [6.07, 6.45) is 1.78. The van der Waals surface area contributed by atoms with Gasteiger partial charge in [0.15, 0.2) is 0 Å². The van der Waals surface area contributed by atoms with E-state index in [4.69, 9.17) is 9.47 Å². The Morgan fingerprint density at radius 2 is 1.54 bits per heavy atom. The first kappa shape index (κ1) is 19.7. The number of para-hydroxylation sites is 1. The minimum Gasteiger partial charge on any atom is -0.490 e. The number of rotatable bonds is 8. The Bertz CT molecular complexity index is 856. The molecule has 0 aliphatic rings. The maximum atomic E-state index is 5.95. The Morgan fingerprint density at radius 1 is 0.821 bits per heavy atom. The summed E-state index contributed by atoms with van der Waals surface area (Å²) in [5.74, 6) is 2.64. The molecule has 0 unspecified atom stereocenters. The monoisotopic (exact) mass is 376 g/mol. The lowest BCUT2D eigenvalue weighted by Gasteiger charge is -2.22. The smallest absolute Gasteiger partial charge is 0.126 e. The standard InChI is InChI=1S/C24H28N2O2/c1-24(2,3)21-8-4-5-9-22(21)28-17-16-27-20-13-11-19(12-14-20)18-26-23-10-6-7-15-25-23/h4-15H,16-18H2,1-3H3,(H,25,26). The molecule has 0 bridgehead atoms. The third-order valence-corrected chi connectivity index (χ3v) is 4.37. The Balaban J connectivity index is 1.44. The molecule has 2 aromatic carbocycles. The van der Waals surface area contributed by atoms with Gasteiger partial charge in [0.1, 0.15) is 30.5 Å². The number of anilines is 1. The van der Waals surface area contributed by atoms with E-state index in [9.17, 15) is 0 Å². The average Bonchev–Trinajstić information content (AvgIpc) is 2.71. The number of nitrogens with one attached hydrogen (secondary N) is 1. The zero-order chi connectivity index (χ0) is 19.8. The van der Waals surface area contributed by atoms with Crippen LogP contribution in [0.1, 0.15) is 31.9 Å². The molecule has 1 heterocycles. The van der Waals surface area contributed by atoms with Crippen molar-refractivity contribution in [3.05, 3.63) is 84.1 Å². The Kier molecular flexibility index (Phi) is 6.53. The molecule has 28 heavy (non-hydrogen) atoms. The summed E-state index contributed by atoms with van der Waals surface area (Å²) in [4.78, 5) is 4.26. The van der Waals surface area contributed by atoms with Crippen LogP contribution in [0.5, 0.6) is 11.5 Å². The van der Waals surface area contributed by atoms with Crippen molar-refractivity contribution in [1.29, 1.82) is 0 Å². The van der Waals surface area contributed by atoms with Gasteiger partial charge < -0.3 is 14.8 Å². The Morgan fingerprint density at radius 3 is 2.25 bits per heavy atom. The van der Waals surface area contributed by atoms with E-state index >= 15 is 0 Å². The highest BCUT2D eigenvalue weighted by atomic mass is 16.5. The van der Waals surface area contributed by atoms with Crippen LogP contribution in [0.3, 0.4) is 0 Å². The minimum absolute atomic E-state index is 0.0522. The van der Waals surface area contributed by atoms with Crippen molar-refractivity contribution in [2.45, 2.75) is 32.7 Å². The highest BCUT2D eigenvalue weighted by Gasteiger charge is 2.18. The third kappa shape index (κ3) is 5.74. The molecule has 0 aliphatic carbocycles. The summed E-state index contributed by atoms with van der Waals surface area (Å²) >= 11 is 0.